The highest BCUT2D eigenvalue weighted by atomic mass is 16.1. The van der Waals surface area contributed by atoms with Gasteiger partial charge in [0.05, 0.1) is 0 Å². The van der Waals surface area contributed by atoms with Gasteiger partial charge in [0.1, 0.15) is 0 Å². The maximum atomic E-state index is 11.8. The zero-order chi connectivity index (χ0) is 13.3. The van der Waals surface area contributed by atoms with Crippen molar-refractivity contribution in [2.24, 2.45) is 17.6 Å². The van der Waals surface area contributed by atoms with Crippen LogP contribution in [0.2, 0.25) is 0 Å². The number of carbonyl (C=O) groups excluding carboxylic acids is 1. The van der Waals surface area contributed by atoms with Gasteiger partial charge in [0.25, 0.3) is 0 Å². The first kappa shape index (κ1) is 16.4. The molecule has 3 N–H and O–H groups in total. The van der Waals surface area contributed by atoms with E-state index in [2.05, 4.69) is 33.0 Å². The first-order valence-electron chi connectivity index (χ1n) is 6.99. The average molecular weight is 242 g/mol. The fourth-order valence-corrected chi connectivity index (χ4v) is 2.11. The van der Waals surface area contributed by atoms with E-state index < -0.39 is 0 Å². The molecule has 2 unspecified atom stereocenters. The third-order valence-corrected chi connectivity index (χ3v) is 3.01. The lowest BCUT2D eigenvalue weighted by atomic mass is 9.94. The minimum atomic E-state index is 0.157. The maximum Gasteiger partial charge on any atom is 0.220 e. The number of nitrogens with two attached hydrogens (primary N) is 1. The van der Waals surface area contributed by atoms with E-state index in [0.717, 1.165) is 12.8 Å². The van der Waals surface area contributed by atoms with Gasteiger partial charge in [0.15, 0.2) is 0 Å². The van der Waals surface area contributed by atoms with E-state index in [1.54, 1.807) is 0 Å². The van der Waals surface area contributed by atoms with Crippen LogP contribution in [0.3, 0.4) is 0 Å². The normalized spacial score (nSPS) is 14.7. The van der Waals surface area contributed by atoms with Crippen LogP contribution in [0.4, 0.5) is 0 Å². The van der Waals surface area contributed by atoms with Crippen molar-refractivity contribution in [3.8, 4) is 0 Å². The van der Waals surface area contributed by atoms with Gasteiger partial charge >= 0.3 is 0 Å². The summed E-state index contributed by atoms with van der Waals surface area (Å²) in [5, 5.41) is 3.06. The van der Waals surface area contributed by atoms with Crippen molar-refractivity contribution in [2.75, 3.05) is 6.54 Å². The van der Waals surface area contributed by atoms with Gasteiger partial charge in [-0.1, -0.05) is 33.6 Å². The maximum absolute atomic E-state index is 11.8. The summed E-state index contributed by atoms with van der Waals surface area (Å²) in [6.45, 7) is 9.19. The summed E-state index contributed by atoms with van der Waals surface area (Å²) < 4.78 is 0. The molecule has 0 aliphatic carbocycles. The van der Waals surface area contributed by atoms with Crippen LogP contribution in [0.15, 0.2) is 0 Å². The quantitative estimate of drug-likeness (QED) is 0.653. The largest absolute Gasteiger partial charge is 0.354 e. The van der Waals surface area contributed by atoms with Crippen LogP contribution in [-0.2, 0) is 4.79 Å². The van der Waals surface area contributed by atoms with Crippen molar-refractivity contribution in [3.05, 3.63) is 0 Å². The zero-order valence-corrected chi connectivity index (χ0v) is 12.0. The van der Waals surface area contributed by atoms with Gasteiger partial charge in [-0.25, -0.2) is 0 Å². The molecule has 0 heterocycles. The third-order valence-electron chi connectivity index (χ3n) is 3.01. The molecule has 0 saturated carbocycles. The van der Waals surface area contributed by atoms with E-state index in [9.17, 15) is 4.79 Å². The number of amides is 1. The van der Waals surface area contributed by atoms with Crippen LogP contribution in [-0.4, -0.2) is 18.5 Å². The molecule has 0 aromatic carbocycles. The summed E-state index contributed by atoms with van der Waals surface area (Å²) in [7, 11) is 0. The van der Waals surface area contributed by atoms with Gasteiger partial charge in [-0.2, -0.15) is 0 Å². The van der Waals surface area contributed by atoms with Gasteiger partial charge in [0, 0.05) is 12.5 Å². The summed E-state index contributed by atoms with van der Waals surface area (Å²) in [4.78, 5) is 11.8. The molecular weight excluding hydrogens is 212 g/mol. The molecule has 2 atom stereocenters. The summed E-state index contributed by atoms with van der Waals surface area (Å²) in [6.07, 6.45) is 5.03. The zero-order valence-electron chi connectivity index (χ0n) is 12.0. The van der Waals surface area contributed by atoms with Crippen LogP contribution in [0, 0.1) is 11.8 Å². The van der Waals surface area contributed by atoms with Gasteiger partial charge in [-0.3, -0.25) is 4.79 Å². The monoisotopic (exact) mass is 242 g/mol. The number of hydrogen-bond acceptors (Lipinski definition) is 2. The Morgan fingerprint density at radius 1 is 1.29 bits per heavy atom. The van der Waals surface area contributed by atoms with E-state index in [1.807, 2.05) is 0 Å². The molecule has 3 heteroatoms. The summed E-state index contributed by atoms with van der Waals surface area (Å²) in [5.74, 6) is 1.09. The molecule has 0 aromatic rings. The molecule has 0 bridgehead atoms. The highest BCUT2D eigenvalue weighted by Crippen LogP contribution is 2.14. The Hall–Kier alpha value is -0.570. The average Bonchev–Trinajstić information content (AvgIpc) is 2.24. The Bertz CT molecular complexity index is 204. The lowest BCUT2D eigenvalue weighted by Gasteiger charge is -2.19. The van der Waals surface area contributed by atoms with E-state index in [-0.39, 0.29) is 5.91 Å². The predicted octanol–water partition coefficient (Wildman–Crippen LogP) is 2.69. The molecule has 0 aliphatic heterocycles. The number of unbranched alkanes of at least 4 members (excludes halogenated alkanes) is 1. The van der Waals surface area contributed by atoms with Gasteiger partial charge in [-0.15, -0.1) is 0 Å². The molecule has 0 saturated heterocycles. The second-order valence-electron chi connectivity index (χ2n) is 5.55. The molecule has 3 nitrogen and oxygen atoms in total. The molecule has 17 heavy (non-hydrogen) atoms. The Morgan fingerprint density at radius 3 is 2.41 bits per heavy atom. The minimum absolute atomic E-state index is 0.157. The lowest BCUT2D eigenvalue weighted by molar-refractivity contribution is -0.122. The fourth-order valence-electron chi connectivity index (χ4n) is 2.11. The summed E-state index contributed by atoms with van der Waals surface area (Å²) in [6, 6.07) is 0.292. The van der Waals surface area contributed by atoms with E-state index >= 15 is 0 Å². The summed E-state index contributed by atoms with van der Waals surface area (Å²) >= 11 is 0. The van der Waals surface area contributed by atoms with E-state index in [1.165, 1.54) is 12.8 Å². The predicted molar refractivity (Wildman–Crippen MR) is 73.7 cm³/mol. The summed E-state index contributed by atoms with van der Waals surface area (Å²) in [5.41, 5.74) is 5.70. The Balaban J connectivity index is 3.89. The van der Waals surface area contributed by atoms with Crippen LogP contribution in [0.5, 0.6) is 0 Å². The number of hydrogen-bond donors (Lipinski definition) is 2. The highest BCUT2D eigenvalue weighted by Gasteiger charge is 2.15. The molecule has 0 aliphatic rings. The van der Waals surface area contributed by atoms with Crippen molar-refractivity contribution in [3.63, 3.8) is 0 Å². The lowest BCUT2D eigenvalue weighted by Crippen LogP contribution is -2.35. The Labute approximate surface area is 107 Å². The molecule has 102 valence electrons. The van der Waals surface area contributed by atoms with Crippen LogP contribution < -0.4 is 11.1 Å². The van der Waals surface area contributed by atoms with Crippen LogP contribution >= 0.6 is 0 Å². The SMILES string of the molecule is CCCCC(C)NC(=O)CC(CN)CC(C)C. The number of rotatable bonds is 9. The molecule has 1 amide bonds. The van der Waals surface area contributed by atoms with Crippen molar-refractivity contribution in [1.29, 1.82) is 0 Å². The minimum Gasteiger partial charge on any atom is -0.354 e. The van der Waals surface area contributed by atoms with Crippen molar-refractivity contribution < 1.29 is 4.79 Å². The van der Waals surface area contributed by atoms with Crippen LogP contribution in [0.1, 0.15) is 59.8 Å². The number of carbonyl (C=O) groups is 1. The molecule has 0 radical (unpaired) electrons. The molecule has 0 spiro atoms. The second-order valence-corrected chi connectivity index (χ2v) is 5.55. The van der Waals surface area contributed by atoms with Gasteiger partial charge in [0.2, 0.25) is 5.91 Å². The molecule has 0 rings (SSSR count). The first-order valence-corrected chi connectivity index (χ1v) is 6.99. The third kappa shape index (κ3) is 9.16. The standard InChI is InChI=1S/C14H30N2O/c1-5-6-7-12(4)16-14(17)9-13(10-15)8-11(2)3/h11-13H,5-10,15H2,1-4H3,(H,16,17). The molecule has 0 fully saturated rings. The second kappa shape index (κ2) is 9.46. The van der Waals surface area contributed by atoms with E-state index in [4.69, 9.17) is 5.73 Å². The Morgan fingerprint density at radius 2 is 1.94 bits per heavy atom. The van der Waals surface area contributed by atoms with E-state index in [0.29, 0.717) is 30.8 Å². The van der Waals surface area contributed by atoms with Crippen LogP contribution in [0.25, 0.3) is 0 Å². The topological polar surface area (TPSA) is 55.1 Å². The van der Waals surface area contributed by atoms with Crippen molar-refractivity contribution in [2.45, 2.75) is 65.8 Å². The highest BCUT2D eigenvalue weighted by molar-refractivity contribution is 5.76. The molecule has 0 aromatic heterocycles. The van der Waals surface area contributed by atoms with Crippen molar-refractivity contribution in [1.82, 2.24) is 5.32 Å². The van der Waals surface area contributed by atoms with Crippen molar-refractivity contribution >= 4 is 5.91 Å². The first-order chi connectivity index (χ1) is 7.99. The van der Waals surface area contributed by atoms with Gasteiger partial charge in [-0.05, 0) is 38.1 Å². The fraction of sp³-hybridized carbons (Fsp3) is 0.929. The van der Waals surface area contributed by atoms with Gasteiger partial charge < -0.3 is 11.1 Å². The number of nitrogens with one attached hydrogen (secondary N) is 1. The molecular formula is C14H30N2O. The Kier molecular flexibility index (Phi) is 9.14. The smallest absolute Gasteiger partial charge is 0.220 e.